The number of nitrogens with zero attached hydrogens (tertiary/aromatic N) is 1. The lowest BCUT2D eigenvalue weighted by Gasteiger charge is -2.17. The molecule has 0 bridgehead atoms. The minimum absolute atomic E-state index is 0.453. The highest BCUT2D eigenvalue weighted by Crippen LogP contribution is 2.22. The summed E-state index contributed by atoms with van der Waals surface area (Å²) in [7, 11) is 0. The molecule has 2 rings (SSSR count). The quantitative estimate of drug-likeness (QED) is 0.675. The molecule has 1 fully saturated rings. The Bertz CT molecular complexity index is 427. The summed E-state index contributed by atoms with van der Waals surface area (Å²) in [6.45, 7) is 4.06. The SMILES string of the molecule is NC(=O)c1cccc(N)c1NCCN1CCCC1. The average molecular weight is 248 g/mol. The highest BCUT2D eigenvalue weighted by Gasteiger charge is 2.13. The van der Waals surface area contributed by atoms with Crippen LogP contribution in [0.5, 0.6) is 0 Å². The Labute approximate surface area is 107 Å². The van der Waals surface area contributed by atoms with E-state index in [-0.39, 0.29) is 0 Å². The zero-order valence-electron chi connectivity index (χ0n) is 10.5. The molecular weight excluding hydrogens is 228 g/mol. The number of rotatable bonds is 5. The van der Waals surface area contributed by atoms with Crippen molar-refractivity contribution in [2.24, 2.45) is 5.73 Å². The molecule has 1 saturated heterocycles. The highest BCUT2D eigenvalue weighted by molar-refractivity contribution is 6.01. The number of amides is 1. The number of likely N-dealkylation sites (tertiary alicyclic amines) is 1. The van der Waals surface area contributed by atoms with Crippen LogP contribution in [-0.4, -0.2) is 37.0 Å². The molecule has 5 heteroatoms. The molecule has 0 atom stereocenters. The van der Waals surface area contributed by atoms with Crippen molar-refractivity contribution in [3.63, 3.8) is 0 Å². The first-order valence-electron chi connectivity index (χ1n) is 6.33. The van der Waals surface area contributed by atoms with Crippen molar-refractivity contribution < 1.29 is 4.79 Å². The summed E-state index contributed by atoms with van der Waals surface area (Å²) in [5.41, 5.74) is 12.9. The van der Waals surface area contributed by atoms with E-state index in [1.165, 1.54) is 12.8 Å². The van der Waals surface area contributed by atoms with Crippen LogP contribution in [0.3, 0.4) is 0 Å². The molecule has 0 aromatic heterocycles. The number of hydrogen-bond donors (Lipinski definition) is 3. The number of benzene rings is 1. The standard InChI is InChI=1S/C13H20N4O/c14-11-5-3-4-10(13(15)18)12(11)16-6-9-17-7-1-2-8-17/h3-5,16H,1-2,6-9,14H2,(H2,15,18). The number of hydrogen-bond acceptors (Lipinski definition) is 4. The molecule has 5 nitrogen and oxygen atoms in total. The maximum absolute atomic E-state index is 11.3. The van der Waals surface area contributed by atoms with E-state index in [9.17, 15) is 4.79 Å². The van der Waals surface area contributed by atoms with Gasteiger partial charge in [-0.05, 0) is 38.1 Å². The second-order valence-corrected chi connectivity index (χ2v) is 4.61. The number of nitrogen functional groups attached to an aromatic ring is 1. The van der Waals surface area contributed by atoms with E-state index in [1.54, 1.807) is 18.2 Å². The van der Waals surface area contributed by atoms with E-state index in [2.05, 4.69) is 10.2 Å². The van der Waals surface area contributed by atoms with Crippen molar-refractivity contribution in [3.05, 3.63) is 23.8 Å². The molecule has 0 saturated carbocycles. The number of primary amides is 1. The Kier molecular flexibility index (Phi) is 4.04. The summed E-state index contributed by atoms with van der Waals surface area (Å²) in [4.78, 5) is 13.7. The zero-order valence-corrected chi connectivity index (χ0v) is 10.5. The number of carbonyl (C=O) groups is 1. The summed E-state index contributed by atoms with van der Waals surface area (Å²) in [6.07, 6.45) is 2.56. The van der Waals surface area contributed by atoms with Crippen molar-refractivity contribution in [2.45, 2.75) is 12.8 Å². The minimum Gasteiger partial charge on any atom is -0.397 e. The van der Waals surface area contributed by atoms with Crippen LogP contribution in [0.2, 0.25) is 0 Å². The van der Waals surface area contributed by atoms with E-state index in [4.69, 9.17) is 11.5 Å². The molecule has 0 unspecified atom stereocenters. The average Bonchev–Trinajstić information content (AvgIpc) is 2.84. The first-order chi connectivity index (χ1) is 8.68. The van der Waals surface area contributed by atoms with Crippen LogP contribution >= 0.6 is 0 Å². The van der Waals surface area contributed by atoms with Crippen LogP contribution in [0.4, 0.5) is 11.4 Å². The van der Waals surface area contributed by atoms with Crippen LogP contribution in [0.15, 0.2) is 18.2 Å². The minimum atomic E-state index is -0.453. The summed E-state index contributed by atoms with van der Waals surface area (Å²) >= 11 is 0. The Hall–Kier alpha value is -1.75. The van der Waals surface area contributed by atoms with Gasteiger partial charge < -0.3 is 21.7 Å². The molecule has 0 radical (unpaired) electrons. The topological polar surface area (TPSA) is 84.4 Å². The first-order valence-corrected chi connectivity index (χ1v) is 6.33. The van der Waals surface area contributed by atoms with Crippen molar-refractivity contribution in [1.82, 2.24) is 4.90 Å². The fourth-order valence-corrected chi connectivity index (χ4v) is 2.32. The third-order valence-electron chi connectivity index (χ3n) is 3.29. The summed E-state index contributed by atoms with van der Waals surface area (Å²) in [5, 5.41) is 3.22. The lowest BCUT2D eigenvalue weighted by Crippen LogP contribution is -2.27. The summed E-state index contributed by atoms with van der Waals surface area (Å²) < 4.78 is 0. The van der Waals surface area contributed by atoms with Gasteiger partial charge in [0.25, 0.3) is 5.91 Å². The van der Waals surface area contributed by atoms with Gasteiger partial charge in [-0.25, -0.2) is 0 Å². The Balaban J connectivity index is 1.97. The largest absolute Gasteiger partial charge is 0.397 e. The zero-order chi connectivity index (χ0) is 13.0. The number of carbonyl (C=O) groups excluding carboxylic acids is 1. The van der Waals surface area contributed by atoms with Crippen LogP contribution in [0.1, 0.15) is 23.2 Å². The molecule has 1 aromatic rings. The summed E-state index contributed by atoms with van der Waals surface area (Å²) in [6, 6.07) is 5.20. The molecule has 0 aliphatic carbocycles. The Morgan fingerprint density at radius 2 is 2.06 bits per heavy atom. The second kappa shape index (κ2) is 5.73. The van der Waals surface area contributed by atoms with Gasteiger partial charge in [0.1, 0.15) is 0 Å². The monoisotopic (exact) mass is 248 g/mol. The Morgan fingerprint density at radius 3 is 2.72 bits per heavy atom. The van der Waals surface area contributed by atoms with Crippen molar-refractivity contribution in [2.75, 3.05) is 37.2 Å². The van der Waals surface area contributed by atoms with Gasteiger partial charge in [0, 0.05) is 13.1 Å². The van der Waals surface area contributed by atoms with E-state index in [0.29, 0.717) is 16.9 Å². The van der Waals surface area contributed by atoms with E-state index in [1.807, 2.05) is 0 Å². The van der Waals surface area contributed by atoms with Gasteiger partial charge in [0.15, 0.2) is 0 Å². The van der Waals surface area contributed by atoms with Gasteiger partial charge in [-0.1, -0.05) is 6.07 Å². The predicted octanol–water partition coefficient (Wildman–Crippen LogP) is 0.875. The van der Waals surface area contributed by atoms with Crippen LogP contribution in [0.25, 0.3) is 0 Å². The lowest BCUT2D eigenvalue weighted by atomic mass is 10.1. The summed E-state index contributed by atoms with van der Waals surface area (Å²) in [5.74, 6) is -0.453. The number of anilines is 2. The Morgan fingerprint density at radius 1 is 1.33 bits per heavy atom. The third kappa shape index (κ3) is 2.92. The normalized spacial score (nSPS) is 15.8. The van der Waals surface area contributed by atoms with Crippen LogP contribution in [-0.2, 0) is 0 Å². The molecule has 1 amide bonds. The van der Waals surface area contributed by atoms with Crippen LogP contribution in [0, 0.1) is 0 Å². The predicted molar refractivity (Wildman–Crippen MR) is 73.5 cm³/mol. The van der Waals surface area contributed by atoms with Gasteiger partial charge >= 0.3 is 0 Å². The molecule has 5 N–H and O–H groups in total. The second-order valence-electron chi connectivity index (χ2n) is 4.61. The molecule has 1 heterocycles. The van der Waals surface area contributed by atoms with Gasteiger partial charge in [0.2, 0.25) is 0 Å². The molecule has 1 aliphatic rings. The van der Waals surface area contributed by atoms with Crippen molar-refractivity contribution >= 4 is 17.3 Å². The molecule has 1 aliphatic heterocycles. The van der Waals surface area contributed by atoms with E-state index in [0.717, 1.165) is 26.2 Å². The molecule has 18 heavy (non-hydrogen) atoms. The maximum atomic E-state index is 11.3. The number of para-hydroxylation sites is 1. The molecule has 0 spiro atoms. The fraction of sp³-hybridized carbons (Fsp3) is 0.462. The van der Waals surface area contributed by atoms with Gasteiger partial charge in [-0.15, -0.1) is 0 Å². The first kappa shape index (κ1) is 12.7. The van der Waals surface area contributed by atoms with E-state index >= 15 is 0 Å². The smallest absolute Gasteiger partial charge is 0.250 e. The van der Waals surface area contributed by atoms with Crippen molar-refractivity contribution in [1.29, 1.82) is 0 Å². The van der Waals surface area contributed by atoms with Crippen molar-refractivity contribution in [3.8, 4) is 0 Å². The van der Waals surface area contributed by atoms with Gasteiger partial charge in [-0.2, -0.15) is 0 Å². The molecule has 1 aromatic carbocycles. The van der Waals surface area contributed by atoms with Gasteiger partial charge in [0.05, 0.1) is 16.9 Å². The number of nitrogens with one attached hydrogen (secondary N) is 1. The maximum Gasteiger partial charge on any atom is 0.250 e. The molecule has 98 valence electrons. The lowest BCUT2D eigenvalue weighted by molar-refractivity contribution is 0.100. The fourth-order valence-electron chi connectivity index (χ4n) is 2.32. The molecular formula is C13H20N4O. The van der Waals surface area contributed by atoms with E-state index < -0.39 is 5.91 Å². The van der Waals surface area contributed by atoms with Crippen LogP contribution < -0.4 is 16.8 Å². The number of nitrogens with two attached hydrogens (primary N) is 2. The third-order valence-corrected chi connectivity index (χ3v) is 3.29. The highest BCUT2D eigenvalue weighted by atomic mass is 16.1. The van der Waals surface area contributed by atoms with Gasteiger partial charge in [-0.3, -0.25) is 4.79 Å².